The van der Waals surface area contributed by atoms with E-state index in [0.717, 1.165) is 30.6 Å². The van der Waals surface area contributed by atoms with Crippen LogP contribution in [-0.2, 0) is 15.7 Å². The number of nitrogens with zero attached hydrogens (tertiary/aromatic N) is 2. The third kappa shape index (κ3) is 5.80. The van der Waals surface area contributed by atoms with E-state index in [2.05, 4.69) is 15.3 Å². The van der Waals surface area contributed by atoms with E-state index in [1.807, 2.05) is 0 Å². The first kappa shape index (κ1) is 28.4. The molecule has 3 N–H and O–H groups in total. The molecule has 7 atom stereocenters. The minimum atomic E-state index is -4.78. The number of aliphatic hydroxyl groups excluding tert-OH is 2. The molecule has 3 heterocycles. The normalized spacial score (nSPS) is 39.5. The first-order chi connectivity index (χ1) is 19.1. The van der Waals surface area contributed by atoms with Gasteiger partial charge >= 0.3 is 6.18 Å². The van der Waals surface area contributed by atoms with Gasteiger partial charge in [-0.05, 0) is 61.7 Å². The molecule has 2 bridgehead atoms. The van der Waals surface area contributed by atoms with Gasteiger partial charge in [-0.15, -0.1) is 0 Å². The van der Waals surface area contributed by atoms with Crippen LogP contribution in [-0.4, -0.2) is 64.0 Å². The van der Waals surface area contributed by atoms with Crippen molar-refractivity contribution in [1.29, 1.82) is 0 Å². The van der Waals surface area contributed by atoms with Crippen molar-refractivity contribution in [3.8, 4) is 5.88 Å². The van der Waals surface area contributed by atoms with Crippen molar-refractivity contribution >= 4 is 5.82 Å². The number of aromatic nitrogens is 2. The zero-order valence-electron chi connectivity index (χ0n) is 23.1. The standard InChI is InChI=1S/C29H42F3N3O5/c1-38-22-13-21(34-27(35-22)29(30,31)32)33-23-24(36)25(37)28(15-39-26(23)40-28)14-20-11-19(12-20)8-6-17-5-7-18(10-17)9-16-3-2-4-16/h13,16-20,23-26,36-37H,2-12,14-15H2,1H3,(H,33,34,35)/t17?,18?,19?,20?,23-,24-,25-,26+,28+/m1/s1. The van der Waals surface area contributed by atoms with Gasteiger partial charge in [-0.2, -0.15) is 18.2 Å². The number of rotatable bonds is 10. The van der Waals surface area contributed by atoms with E-state index in [4.69, 9.17) is 14.2 Å². The van der Waals surface area contributed by atoms with Crippen molar-refractivity contribution < 1.29 is 37.6 Å². The minimum absolute atomic E-state index is 0.126. The zero-order chi connectivity index (χ0) is 28.1. The van der Waals surface area contributed by atoms with Crippen LogP contribution in [0.1, 0.15) is 82.9 Å². The Morgan fingerprint density at radius 1 is 1.00 bits per heavy atom. The molecule has 0 aromatic carbocycles. The van der Waals surface area contributed by atoms with Crippen LogP contribution < -0.4 is 10.1 Å². The maximum atomic E-state index is 13.2. The summed E-state index contributed by atoms with van der Waals surface area (Å²) in [6, 6.07) is 0.180. The predicted octanol–water partition coefficient (Wildman–Crippen LogP) is 4.93. The maximum Gasteiger partial charge on any atom is 0.451 e. The first-order valence-corrected chi connectivity index (χ1v) is 15.0. The van der Waals surface area contributed by atoms with Gasteiger partial charge in [-0.3, -0.25) is 0 Å². The van der Waals surface area contributed by atoms with Crippen LogP contribution in [0.5, 0.6) is 5.88 Å². The van der Waals surface area contributed by atoms with Crippen LogP contribution in [0.2, 0.25) is 0 Å². The van der Waals surface area contributed by atoms with Crippen LogP contribution in [0.15, 0.2) is 6.07 Å². The second-order valence-electron chi connectivity index (χ2n) is 13.1. The highest BCUT2D eigenvalue weighted by Gasteiger charge is 2.60. The third-order valence-electron chi connectivity index (χ3n) is 10.3. The van der Waals surface area contributed by atoms with Crippen molar-refractivity contribution in [3.05, 3.63) is 11.9 Å². The molecule has 8 nitrogen and oxygen atoms in total. The highest BCUT2D eigenvalue weighted by molar-refractivity contribution is 5.41. The van der Waals surface area contributed by atoms with Gasteiger partial charge in [0, 0.05) is 6.07 Å². The minimum Gasteiger partial charge on any atom is -0.481 e. The van der Waals surface area contributed by atoms with Crippen LogP contribution >= 0.6 is 0 Å². The molecule has 5 fully saturated rings. The third-order valence-corrected chi connectivity index (χ3v) is 10.3. The van der Waals surface area contributed by atoms with E-state index in [-0.39, 0.29) is 18.3 Å². The van der Waals surface area contributed by atoms with Crippen molar-refractivity contribution in [1.82, 2.24) is 9.97 Å². The predicted molar refractivity (Wildman–Crippen MR) is 139 cm³/mol. The van der Waals surface area contributed by atoms with E-state index in [1.54, 1.807) is 0 Å². The number of hydrogen-bond acceptors (Lipinski definition) is 8. The molecule has 2 saturated heterocycles. The summed E-state index contributed by atoms with van der Waals surface area (Å²) in [5.74, 6) is 2.10. The van der Waals surface area contributed by atoms with Gasteiger partial charge in [0.1, 0.15) is 29.7 Å². The zero-order valence-corrected chi connectivity index (χ0v) is 23.1. The van der Waals surface area contributed by atoms with E-state index in [9.17, 15) is 23.4 Å². The summed E-state index contributed by atoms with van der Waals surface area (Å²) >= 11 is 0. The molecule has 0 radical (unpaired) electrons. The Morgan fingerprint density at radius 2 is 1.73 bits per heavy atom. The van der Waals surface area contributed by atoms with Gasteiger partial charge in [-0.25, -0.2) is 4.98 Å². The molecule has 1 aromatic heterocycles. The van der Waals surface area contributed by atoms with Gasteiger partial charge in [0.15, 0.2) is 6.29 Å². The molecule has 0 spiro atoms. The molecule has 5 aliphatic rings. The second-order valence-corrected chi connectivity index (χ2v) is 13.1. The number of methoxy groups -OCH3 is 1. The molecule has 40 heavy (non-hydrogen) atoms. The lowest BCUT2D eigenvalue weighted by Gasteiger charge is -2.47. The molecule has 3 aliphatic carbocycles. The van der Waals surface area contributed by atoms with Gasteiger partial charge in [0.2, 0.25) is 11.7 Å². The average Bonchev–Trinajstić information content (AvgIpc) is 3.50. The Labute approximate surface area is 233 Å². The fourth-order valence-corrected chi connectivity index (χ4v) is 7.90. The Balaban J connectivity index is 0.987. The number of aliphatic hydroxyl groups is 2. The molecular formula is C29H42F3N3O5. The molecular weight excluding hydrogens is 527 g/mol. The Hall–Kier alpha value is -1.69. The maximum absolute atomic E-state index is 13.2. The quantitative estimate of drug-likeness (QED) is 0.364. The average molecular weight is 570 g/mol. The molecule has 3 saturated carbocycles. The Bertz CT molecular complexity index is 1040. The number of ether oxygens (including phenoxy) is 3. The first-order valence-electron chi connectivity index (χ1n) is 15.0. The number of fused-ring (bicyclic) bond motifs is 2. The van der Waals surface area contributed by atoms with Crippen LogP contribution in [0.25, 0.3) is 0 Å². The van der Waals surface area contributed by atoms with Gasteiger partial charge in [-0.1, -0.05) is 44.9 Å². The van der Waals surface area contributed by atoms with E-state index >= 15 is 0 Å². The summed E-state index contributed by atoms with van der Waals surface area (Å²) in [7, 11) is 1.20. The fourth-order valence-electron chi connectivity index (χ4n) is 7.90. The molecule has 2 unspecified atom stereocenters. The van der Waals surface area contributed by atoms with Crippen molar-refractivity contribution in [2.75, 3.05) is 19.0 Å². The summed E-state index contributed by atoms with van der Waals surface area (Å²) in [5.41, 5.74) is -1.02. The summed E-state index contributed by atoms with van der Waals surface area (Å²) in [4.78, 5) is 6.87. The van der Waals surface area contributed by atoms with Crippen molar-refractivity contribution in [2.24, 2.45) is 29.6 Å². The Kier molecular flexibility index (Phi) is 7.95. The van der Waals surface area contributed by atoms with E-state index < -0.39 is 42.1 Å². The van der Waals surface area contributed by atoms with E-state index in [0.29, 0.717) is 18.3 Å². The fraction of sp³-hybridized carbons (Fsp3) is 0.862. The highest BCUT2D eigenvalue weighted by Crippen LogP contribution is 2.49. The number of anilines is 1. The molecule has 11 heteroatoms. The lowest BCUT2D eigenvalue weighted by Crippen LogP contribution is -2.63. The van der Waals surface area contributed by atoms with Gasteiger partial charge in [0.25, 0.3) is 0 Å². The summed E-state index contributed by atoms with van der Waals surface area (Å²) in [5, 5.41) is 24.8. The van der Waals surface area contributed by atoms with Crippen LogP contribution in [0.4, 0.5) is 19.0 Å². The van der Waals surface area contributed by atoms with Crippen molar-refractivity contribution in [3.63, 3.8) is 0 Å². The van der Waals surface area contributed by atoms with Crippen LogP contribution in [0, 0.1) is 29.6 Å². The molecule has 224 valence electrons. The van der Waals surface area contributed by atoms with Gasteiger partial charge in [0.05, 0.1) is 13.7 Å². The number of nitrogens with one attached hydrogen (secondary N) is 1. The summed E-state index contributed by atoms with van der Waals surface area (Å²) in [6.45, 7) is 0.126. The lowest BCUT2D eigenvalue weighted by molar-refractivity contribution is -0.222. The molecule has 0 amide bonds. The molecule has 2 aliphatic heterocycles. The van der Waals surface area contributed by atoms with Crippen LogP contribution in [0.3, 0.4) is 0 Å². The topological polar surface area (TPSA) is 106 Å². The molecule has 6 rings (SSSR count). The second kappa shape index (κ2) is 11.2. The highest BCUT2D eigenvalue weighted by atomic mass is 19.4. The van der Waals surface area contributed by atoms with E-state index in [1.165, 1.54) is 71.0 Å². The number of alkyl halides is 3. The largest absolute Gasteiger partial charge is 0.481 e. The van der Waals surface area contributed by atoms with Crippen molar-refractivity contribution in [2.45, 2.75) is 113 Å². The number of hydrogen-bond donors (Lipinski definition) is 3. The smallest absolute Gasteiger partial charge is 0.451 e. The SMILES string of the molecule is COc1cc(N[C@H]2[C@H]3OC[C@](CC4CC(CCC5CCC(CC6CCC6)C5)C4)(O3)[C@H](O)[C@@H]2O)nc(C(F)(F)F)n1. The monoisotopic (exact) mass is 569 g/mol. The van der Waals surface area contributed by atoms with Gasteiger partial charge < -0.3 is 29.7 Å². The Morgan fingerprint density at radius 3 is 2.42 bits per heavy atom. The lowest BCUT2D eigenvalue weighted by atomic mass is 9.66. The summed E-state index contributed by atoms with van der Waals surface area (Å²) in [6.07, 6.45) is 7.12. The summed E-state index contributed by atoms with van der Waals surface area (Å²) < 4.78 is 56.6. The number of halogens is 3. The molecule has 1 aromatic rings.